The van der Waals surface area contributed by atoms with E-state index in [1.807, 2.05) is 24.3 Å². The molecule has 0 aromatic heterocycles. The summed E-state index contributed by atoms with van der Waals surface area (Å²) < 4.78 is 0. The minimum Gasteiger partial charge on any atom is -0.352 e. The molecule has 0 heterocycles. The van der Waals surface area contributed by atoms with Crippen molar-refractivity contribution >= 4 is 24.0 Å². The summed E-state index contributed by atoms with van der Waals surface area (Å²) in [6.07, 6.45) is 9.72. The molecule has 2 amide bonds. The Balaban J connectivity index is 1.55. The topological polar surface area (TPSA) is 58.2 Å². The smallest absolute Gasteiger partial charge is 0.244 e. The maximum Gasteiger partial charge on any atom is 0.244 e. The van der Waals surface area contributed by atoms with Crippen molar-refractivity contribution in [1.82, 2.24) is 10.6 Å². The normalized spacial score (nSPS) is 21.3. The van der Waals surface area contributed by atoms with Gasteiger partial charge in [-0.15, -0.1) is 0 Å². The molecule has 0 aliphatic heterocycles. The second-order valence-electron chi connectivity index (χ2n) is 12.8. The monoisotopic (exact) mass is 514 g/mol. The first-order chi connectivity index (χ1) is 17.8. The highest BCUT2D eigenvalue weighted by molar-refractivity contribution is 5.92. The van der Waals surface area contributed by atoms with Crippen LogP contribution in [0.2, 0.25) is 0 Å². The van der Waals surface area contributed by atoms with Gasteiger partial charge in [-0.25, -0.2) is 0 Å². The lowest BCUT2D eigenvalue weighted by molar-refractivity contribution is -0.119. The lowest BCUT2D eigenvalue weighted by atomic mass is 9.62. The van der Waals surface area contributed by atoms with Gasteiger partial charge in [0.25, 0.3) is 0 Å². The van der Waals surface area contributed by atoms with E-state index in [9.17, 15) is 9.59 Å². The van der Waals surface area contributed by atoms with Gasteiger partial charge in [-0.1, -0.05) is 97.0 Å². The van der Waals surface area contributed by atoms with Gasteiger partial charge in [0.15, 0.2) is 0 Å². The van der Waals surface area contributed by atoms with Crippen LogP contribution < -0.4 is 10.6 Å². The first kappa shape index (κ1) is 29.4. The zero-order valence-corrected chi connectivity index (χ0v) is 24.3. The van der Waals surface area contributed by atoms with E-state index in [4.69, 9.17) is 0 Å². The SMILES string of the molecule is CC(C)c1ccc(/C=C/C(=O)NCC2(C)CC(NC(=O)/C=C/c3ccc(C(C)C)cc3)CC(C)(C)C2)cc1. The fourth-order valence-corrected chi connectivity index (χ4v) is 5.81. The molecule has 2 N–H and O–H groups in total. The van der Waals surface area contributed by atoms with Crippen LogP contribution in [-0.2, 0) is 9.59 Å². The van der Waals surface area contributed by atoms with Crippen LogP contribution in [0.1, 0.15) is 102 Å². The Morgan fingerprint density at radius 2 is 1.26 bits per heavy atom. The number of hydrogen-bond acceptors (Lipinski definition) is 2. The van der Waals surface area contributed by atoms with E-state index in [1.54, 1.807) is 12.2 Å². The molecule has 1 aliphatic carbocycles. The van der Waals surface area contributed by atoms with Crippen LogP contribution in [0, 0.1) is 10.8 Å². The largest absolute Gasteiger partial charge is 0.352 e. The van der Waals surface area contributed by atoms with Crippen molar-refractivity contribution in [2.75, 3.05) is 6.54 Å². The van der Waals surface area contributed by atoms with Crippen molar-refractivity contribution in [3.8, 4) is 0 Å². The summed E-state index contributed by atoms with van der Waals surface area (Å²) in [5, 5.41) is 6.33. The van der Waals surface area contributed by atoms with Gasteiger partial charge in [0, 0.05) is 24.7 Å². The molecule has 1 aliphatic rings. The van der Waals surface area contributed by atoms with Gasteiger partial charge in [-0.2, -0.15) is 0 Å². The van der Waals surface area contributed by atoms with Crippen LogP contribution in [-0.4, -0.2) is 24.4 Å². The summed E-state index contributed by atoms with van der Waals surface area (Å²) >= 11 is 0. The maximum atomic E-state index is 12.7. The van der Waals surface area contributed by atoms with Crippen LogP contribution in [0.15, 0.2) is 60.7 Å². The molecule has 4 nitrogen and oxygen atoms in total. The quantitative estimate of drug-likeness (QED) is 0.341. The third-order valence-corrected chi connectivity index (χ3v) is 7.54. The van der Waals surface area contributed by atoms with Crippen molar-refractivity contribution in [2.45, 2.75) is 85.6 Å². The molecule has 2 unspecified atom stereocenters. The second kappa shape index (κ2) is 12.6. The first-order valence-electron chi connectivity index (χ1n) is 14.0. The highest BCUT2D eigenvalue weighted by atomic mass is 16.2. The summed E-state index contributed by atoms with van der Waals surface area (Å²) in [4.78, 5) is 25.3. The van der Waals surface area contributed by atoms with Crippen LogP contribution in [0.3, 0.4) is 0 Å². The number of amides is 2. The molecule has 2 aromatic rings. The van der Waals surface area contributed by atoms with Crippen LogP contribution in [0.5, 0.6) is 0 Å². The van der Waals surface area contributed by atoms with Crippen LogP contribution in [0.25, 0.3) is 12.2 Å². The minimum absolute atomic E-state index is 0.0659. The van der Waals surface area contributed by atoms with Crippen molar-refractivity contribution < 1.29 is 9.59 Å². The number of benzene rings is 2. The molecular formula is C34H46N2O2. The summed E-state index contributed by atoms with van der Waals surface area (Å²) in [5.74, 6) is 0.819. The number of rotatable bonds is 9. The van der Waals surface area contributed by atoms with E-state index in [0.29, 0.717) is 18.4 Å². The van der Waals surface area contributed by atoms with E-state index in [-0.39, 0.29) is 28.7 Å². The van der Waals surface area contributed by atoms with Gasteiger partial charge in [0.1, 0.15) is 0 Å². The summed E-state index contributed by atoms with van der Waals surface area (Å²) in [5.41, 5.74) is 4.58. The van der Waals surface area contributed by atoms with E-state index in [1.165, 1.54) is 11.1 Å². The van der Waals surface area contributed by atoms with Gasteiger partial charge in [0.2, 0.25) is 11.8 Å². The van der Waals surface area contributed by atoms with Gasteiger partial charge < -0.3 is 10.6 Å². The number of hydrogen-bond donors (Lipinski definition) is 2. The average Bonchev–Trinajstić information content (AvgIpc) is 2.84. The average molecular weight is 515 g/mol. The van der Waals surface area contributed by atoms with E-state index >= 15 is 0 Å². The standard InChI is InChI=1S/C34H46N2O2/c1-24(2)28-14-8-26(9-15-28)12-18-31(37)35-23-34(7)21-30(20-33(5,6)22-34)36-32(38)19-13-27-10-16-29(17-11-27)25(3)4/h8-19,24-25,30H,20-23H2,1-7H3,(H,35,37)(H,36,38)/b18-12+,19-13+. The zero-order chi connectivity index (χ0) is 27.9. The number of carbonyl (C=O) groups excluding carboxylic acids is 2. The molecule has 204 valence electrons. The molecule has 0 spiro atoms. The predicted molar refractivity (Wildman–Crippen MR) is 160 cm³/mol. The third kappa shape index (κ3) is 9.01. The zero-order valence-electron chi connectivity index (χ0n) is 24.3. The Bertz CT molecular complexity index is 1140. The molecule has 1 fully saturated rings. The molecule has 1 saturated carbocycles. The highest BCUT2D eigenvalue weighted by Gasteiger charge is 2.41. The lowest BCUT2D eigenvalue weighted by Crippen LogP contribution is -2.50. The third-order valence-electron chi connectivity index (χ3n) is 7.54. The fourth-order valence-electron chi connectivity index (χ4n) is 5.81. The van der Waals surface area contributed by atoms with E-state index in [0.717, 1.165) is 30.4 Å². The predicted octanol–water partition coefficient (Wildman–Crippen LogP) is 7.48. The van der Waals surface area contributed by atoms with Crippen LogP contribution in [0.4, 0.5) is 0 Å². The molecule has 2 atom stereocenters. The Kier molecular flexibility index (Phi) is 9.76. The molecule has 3 rings (SSSR count). The van der Waals surface area contributed by atoms with Gasteiger partial charge in [-0.05, 0) is 76.3 Å². The highest BCUT2D eigenvalue weighted by Crippen LogP contribution is 2.45. The Morgan fingerprint density at radius 1 is 0.789 bits per heavy atom. The fraction of sp³-hybridized carbons (Fsp3) is 0.471. The summed E-state index contributed by atoms with van der Waals surface area (Å²) in [6, 6.07) is 16.7. The van der Waals surface area contributed by atoms with Crippen molar-refractivity contribution in [1.29, 1.82) is 0 Å². The molecule has 0 bridgehead atoms. The summed E-state index contributed by atoms with van der Waals surface area (Å²) in [7, 11) is 0. The lowest BCUT2D eigenvalue weighted by Gasteiger charge is -2.46. The number of carbonyl (C=O) groups is 2. The van der Waals surface area contributed by atoms with Gasteiger partial charge >= 0.3 is 0 Å². The molecule has 38 heavy (non-hydrogen) atoms. The molecule has 2 aromatic carbocycles. The maximum absolute atomic E-state index is 12.7. The molecule has 0 saturated heterocycles. The second-order valence-corrected chi connectivity index (χ2v) is 12.8. The Morgan fingerprint density at radius 3 is 1.74 bits per heavy atom. The van der Waals surface area contributed by atoms with Crippen molar-refractivity contribution in [3.63, 3.8) is 0 Å². The van der Waals surface area contributed by atoms with Crippen molar-refractivity contribution in [2.24, 2.45) is 10.8 Å². The van der Waals surface area contributed by atoms with Gasteiger partial charge in [0.05, 0.1) is 0 Å². The minimum atomic E-state index is -0.0987. The van der Waals surface area contributed by atoms with Crippen LogP contribution >= 0.6 is 0 Å². The molecule has 0 radical (unpaired) electrons. The Labute approximate surface area is 230 Å². The molecule has 4 heteroatoms. The summed E-state index contributed by atoms with van der Waals surface area (Å²) in [6.45, 7) is 16.0. The van der Waals surface area contributed by atoms with E-state index < -0.39 is 0 Å². The van der Waals surface area contributed by atoms with Crippen molar-refractivity contribution in [3.05, 3.63) is 82.9 Å². The van der Waals surface area contributed by atoms with Gasteiger partial charge in [-0.3, -0.25) is 9.59 Å². The Hall–Kier alpha value is -3.14. The number of nitrogens with one attached hydrogen (secondary N) is 2. The molecular weight excluding hydrogens is 468 g/mol. The first-order valence-corrected chi connectivity index (χ1v) is 14.0. The van der Waals surface area contributed by atoms with E-state index in [2.05, 4.69) is 95.5 Å².